The van der Waals surface area contributed by atoms with E-state index in [9.17, 15) is 9.59 Å². The van der Waals surface area contributed by atoms with Crippen LogP contribution in [0.1, 0.15) is 38.1 Å². The molecule has 2 N–H and O–H groups in total. The van der Waals surface area contributed by atoms with Crippen LogP contribution < -0.4 is 10.2 Å². The maximum Gasteiger partial charge on any atom is 0.337 e. The third-order valence-corrected chi connectivity index (χ3v) is 3.44. The van der Waals surface area contributed by atoms with E-state index in [-0.39, 0.29) is 23.1 Å². The van der Waals surface area contributed by atoms with Gasteiger partial charge in [0.15, 0.2) is 0 Å². The Morgan fingerprint density at radius 3 is 2.30 bits per heavy atom. The number of anilines is 1. The van der Waals surface area contributed by atoms with Crippen LogP contribution in [0.2, 0.25) is 0 Å². The van der Waals surface area contributed by atoms with Crippen molar-refractivity contribution in [3.05, 3.63) is 29.8 Å². The number of hydrogen-bond donors (Lipinski definition) is 2. The molecule has 1 aromatic rings. The summed E-state index contributed by atoms with van der Waals surface area (Å²) >= 11 is 0. The summed E-state index contributed by atoms with van der Waals surface area (Å²) in [5.41, 5.74) is 0.412. The van der Waals surface area contributed by atoms with E-state index in [2.05, 4.69) is 5.32 Å². The molecule has 1 rings (SSSR count). The molecule has 5 nitrogen and oxygen atoms in total. The van der Waals surface area contributed by atoms with E-state index in [0.29, 0.717) is 5.69 Å². The van der Waals surface area contributed by atoms with Gasteiger partial charge in [0.25, 0.3) is 0 Å². The van der Waals surface area contributed by atoms with E-state index in [1.807, 2.05) is 27.7 Å². The fourth-order valence-corrected chi connectivity index (χ4v) is 1.55. The van der Waals surface area contributed by atoms with Gasteiger partial charge >= 0.3 is 12.0 Å². The first-order chi connectivity index (χ1) is 9.14. The second kappa shape index (κ2) is 5.94. The Balaban J connectivity index is 2.93. The minimum Gasteiger partial charge on any atom is -0.478 e. The lowest BCUT2D eigenvalue weighted by molar-refractivity contribution is 0.0697. The lowest BCUT2D eigenvalue weighted by atomic mass is 9.88. The molecule has 0 aliphatic heterocycles. The van der Waals surface area contributed by atoms with Crippen molar-refractivity contribution >= 4 is 17.7 Å². The van der Waals surface area contributed by atoms with E-state index in [0.717, 1.165) is 0 Å². The highest BCUT2D eigenvalue weighted by molar-refractivity contribution is 6.01. The van der Waals surface area contributed by atoms with Crippen molar-refractivity contribution in [1.82, 2.24) is 5.32 Å². The Hall–Kier alpha value is -2.04. The Kier molecular flexibility index (Phi) is 4.76. The zero-order valence-electron chi connectivity index (χ0n) is 12.6. The number of nitrogens with one attached hydrogen (secondary N) is 1. The van der Waals surface area contributed by atoms with Crippen molar-refractivity contribution < 1.29 is 14.7 Å². The number of rotatable bonds is 3. The quantitative estimate of drug-likeness (QED) is 0.893. The van der Waals surface area contributed by atoms with Crippen molar-refractivity contribution in [1.29, 1.82) is 0 Å². The first kappa shape index (κ1) is 16.0. The van der Waals surface area contributed by atoms with Gasteiger partial charge in [0.2, 0.25) is 0 Å². The molecule has 0 saturated heterocycles. The van der Waals surface area contributed by atoms with Crippen molar-refractivity contribution in [2.24, 2.45) is 5.41 Å². The van der Waals surface area contributed by atoms with Gasteiger partial charge in [-0.1, -0.05) is 32.9 Å². The number of carboxylic acids is 1. The monoisotopic (exact) mass is 278 g/mol. The van der Waals surface area contributed by atoms with Gasteiger partial charge in [0.05, 0.1) is 11.3 Å². The molecule has 110 valence electrons. The third-order valence-electron chi connectivity index (χ3n) is 3.44. The largest absolute Gasteiger partial charge is 0.478 e. The summed E-state index contributed by atoms with van der Waals surface area (Å²) in [4.78, 5) is 24.7. The average molecular weight is 278 g/mol. The number of nitrogens with zero attached hydrogens (tertiary/aromatic N) is 1. The van der Waals surface area contributed by atoms with Crippen LogP contribution in [0.25, 0.3) is 0 Å². The predicted octanol–water partition coefficient (Wildman–Crippen LogP) is 2.97. The summed E-state index contributed by atoms with van der Waals surface area (Å²) < 4.78 is 0. The number of carboxylic acid groups (broad SMARTS) is 1. The first-order valence-corrected chi connectivity index (χ1v) is 6.51. The molecule has 1 aromatic carbocycles. The molecule has 2 amide bonds. The Bertz CT molecular complexity index is 506. The Morgan fingerprint density at radius 2 is 1.80 bits per heavy atom. The van der Waals surface area contributed by atoms with E-state index in [4.69, 9.17) is 5.11 Å². The number of benzene rings is 1. The average Bonchev–Trinajstić information content (AvgIpc) is 2.36. The van der Waals surface area contributed by atoms with E-state index in [1.165, 1.54) is 11.0 Å². The minimum atomic E-state index is -1.05. The molecule has 0 fully saturated rings. The molecule has 20 heavy (non-hydrogen) atoms. The molecule has 1 atom stereocenters. The van der Waals surface area contributed by atoms with Gasteiger partial charge in [0, 0.05) is 13.1 Å². The highest BCUT2D eigenvalue weighted by Crippen LogP contribution is 2.21. The maximum absolute atomic E-state index is 12.2. The number of hydrogen-bond acceptors (Lipinski definition) is 2. The minimum absolute atomic E-state index is 0.0329. The van der Waals surface area contributed by atoms with Crippen LogP contribution in [-0.4, -0.2) is 30.2 Å². The van der Waals surface area contributed by atoms with Crippen molar-refractivity contribution in [2.75, 3.05) is 11.9 Å². The van der Waals surface area contributed by atoms with Gasteiger partial charge in [-0.3, -0.25) is 4.90 Å². The summed E-state index contributed by atoms with van der Waals surface area (Å²) in [7, 11) is 1.56. The zero-order chi connectivity index (χ0) is 15.5. The van der Waals surface area contributed by atoms with Crippen molar-refractivity contribution in [3.8, 4) is 0 Å². The second-order valence-electron chi connectivity index (χ2n) is 5.92. The van der Waals surface area contributed by atoms with E-state index >= 15 is 0 Å². The fraction of sp³-hybridized carbons (Fsp3) is 0.467. The molecular formula is C15H22N2O3. The number of carbonyl (C=O) groups is 2. The number of urea groups is 1. The molecule has 1 unspecified atom stereocenters. The van der Waals surface area contributed by atoms with E-state index in [1.54, 1.807) is 25.2 Å². The second-order valence-corrected chi connectivity index (χ2v) is 5.92. The molecular weight excluding hydrogens is 256 g/mol. The van der Waals surface area contributed by atoms with Crippen LogP contribution in [0.15, 0.2) is 24.3 Å². The molecule has 0 heterocycles. The topological polar surface area (TPSA) is 69.6 Å². The standard InChI is InChI=1S/C15H22N2O3/c1-10(15(2,3)4)16-14(20)17(5)12-9-7-6-8-11(12)13(18)19/h6-10H,1-5H3,(H,16,20)(H,18,19). The molecule has 0 saturated carbocycles. The normalized spacial score (nSPS) is 12.7. The van der Waals surface area contributed by atoms with Crippen molar-refractivity contribution in [3.63, 3.8) is 0 Å². The first-order valence-electron chi connectivity index (χ1n) is 6.51. The third kappa shape index (κ3) is 3.73. The highest BCUT2D eigenvalue weighted by atomic mass is 16.4. The van der Waals surface area contributed by atoms with Crippen molar-refractivity contribution in [2.45, 2.75) is 33.7 Å². The summed E-state index contributed by atoms with van der Waals surface area (Å²) in [6.45, 7) is 8.02. The van der Waals surface area contributed by atoms with Gasteiger partial charge in [-0.05, 0) is 24.5 Å². The summed E-state index contributed by atoms with van der Waals surface area (Å²) in [5, 5.41) is 12.0. The number of amides is 2. The van der Waals surface area contributed by atoms with Gasteiger partial charge < -0.3 is 10.4 Å². The number of aromatic carboxylic acids is 1. The predicted molar refractivity (Wildman–Crippen MR) is 79.3 cm³/mol. The van der Waals surface area contributed by atoms with Crippen LogP contribution in [0.5, 0.6) is 0 Å². The SMILES string of the molecule is CC(NC(=O)N(C)c1ccccc1C(=O)O)C(C)(C)C. The summed E-state index contributed by atoms with van der Waals surface area (Å²) in [6, 6.07) is 6.09. The lowest BCUT2D eigenvalue weighted by Crippen LogP contribution is -2.47. The zero-order valence-corrected chi connectivity index (χ0v) is 12.6. The van der Waals surface area contributed by atoms with Crippen LogP contribution in [0, 0.1) is 5.41 Å². The molecule has 0 aliphatic carbocycles. The van der Waals surface area contributed by atoms with Crippen LogP contribution in [-0.2, 0) is 0 Å². The fourth-order valence-electron chi connectivity index (χ4n) is 1.55. The Labute approximate surface area is 119 Å². The smallest absolute Gasteiger partial charge is 0.337 e. The van der Waals surface area contributed by atoms with E-state index < -0.39 is 5.97 Å². The molecule has 0 spiro atoms. The number of para-hydroxylation sites is 1. The summed E-state index contributed by atoms with van der Waals surface area (Å²) in [5.74, 6) is -1.05. The Morgan fingerprint density at radius 1 is 1.25 bits per heavy atom. The molecule has 5 heteroatoms. The van der Waals surface area contributed by atoms with Gasteiger partial charge in [-0.25, -0.2) is 9.59 Å². The lowest BCUT2D eigenvalue weighted by Gasteiger charge is -2.30. The molecule has 0 aliphatic rings. The van der Waals surface area contributed by atoms with Gasteiger partial charge in [-0.2, -0.15) is 0 Å². The van der Waals surface area contributed by atoms with Gasteiger partial charge in [-0.15, -0.1) is 0 Å². The van der Waals surface area contributed by atoms with Gasteiger partial charge in [0.1, 0.15) is 0 Å². The molecule has 0 radical (unpaired) electrons. The summed E-state index contributed by atoms with van der Waals surface area (Å²) in [6.07, 6.45) is 0. The van der Waals surface area contributed by atoms with Crippen LogP contribution in [0.3, 0.4) is 0 Å². The highest BCUT2D eigenvalue weighted by Gasteiger charge is 2.24. The maximum atomic E-state index is 12.2. The molecule has 0 bridgehead atoms. The number of carbonyl (C=O) groups excluding carboxylic acids is 1. The van der Waals surface area contributed by atoms with Crippen LogP contribution in [0.4, 0.5) is 10.5 Å². The van der Waals surface area contributed by atoms with Crippen LogP contribution >= 0.6 is 0 Å². The molecule has 0 aromatic heterocycles.